The normalized spacial score (nSPS) is 28.2. The molecule has 302 valence electrons. The Morgan fingerprint density at radius 1 is 0.981 bits per heavy atom. The fraction of sp³-hybridized carbons (Fsp3) is 0.756. The number of rotatable bonds is 21. The summed E-state index contributed by atoms with van der Waals surface area (Å²) in [6.45, 7) is 20.2. The summed E-state index contributed by atoms with van der Waals surface area (Å²) < 4.78 is 81.8. The molecule has 3 heterocycles. The van der Waals surface area contributed by atoms with Gasteiger partial charge in [-0.25, -0.2) is 8.42 Å². The molecule has 0 bridgehead atoms. The van der Waals surface area contributed by atoms with Crippen molar-refractivity contribution in [3.8, 4) is 0 Å². The summed E-state index contributed by atoms with van der Waals surface area (Å²) in [5, 5.41) is 11.6. The number of benzene rings is 1. The van der Waals surface area contributed by atoms with Crippen LogP contribution in [0.25, 0.3) is 0 Å². The molecule has 53 heavy (non-hydrogen) atoms. The lowest BCUT2D eigenvalue weighted by Gasteiger charge is -2.28. The first-order chi connectivity index (χ1) is 25.0. The van der Waals surface area contributed by atoms with Crippen LogP contribution in [0.4, 0.5) is 0 Å². The number of ether oxygens (including phenoxy) is 4. The van der Waals surface area contributed by atoms with Crippen molar-refractivity contribution in [1.29, 1.82) is 0 Å². The quantitative estimate of drug-likeness (QED) is 0.101. The first kappa shape index (κ1) is 44.1. The van der Waals surface area contributed by atoms with Gasteiger partial charge in [0.15, 0.2) is 16.1 Å². The van der Waals surface area contributed by atoms with Gasteiger partial charge in [-0.1, -0.05) is 66.3 Å². The average molecular weight is 783 g/mol. The highest BCUT2D eigenvalue weighted by molar-refractivity contribution is 7.91. The molecule has 10 nitrogen and oxygen atoms in total. The Hall–Kier alpha value is -1.64. The van der Waals surface area contributed by atoms with E-state index >= 15 is 0 Å². The fourth-order valence-corrected chi connectivity index (χ4v) is 10.4. The molecule has 1 N–H and O–H groups in total. The van der Waals surface area contributed by atoms with Gasteiger partial charge in [0.05, 0.1) is 66.7 Å². The lowest BCUT2D eigenvalue weighted by Crippen LogP contribution is -2.32. The Morgan fingerprint density at radius 2 is 1.66 bits per heavy atom. The average Bonchev–Trinajstić information content (AvgIpc) is 3.61. The molecule has 4 rings (SSSR count). The highest BCUT2D eigenvalue weighted by Gasteiger charge is 2.45. The van der Waals surface area contributed by atoms with E-state index in [0.717, 1.165) is 62.3 Å². The van der Waals surface area contributed by atoms with E-state index in [4.69, 9.17) is 23.1 Å². The fourth-order valence-electron chi connectivity index (χ4n) is 7.97. The molecular weight excluding hydrogens is 717 g/mol. The Morgan fingerprint density at radius 3 is 2.28 bits per heavy atom. The maximum absolute atomic E-state index is 13.7. The van der Waals surface area contributed by atoms with E-state index in [0.29, 0.717) is 48.9 Å². The maximum atomic E-state index is 13.7. The predicted octanol–water partition coefficient (Wildman–Crippen LogP) is 7.19. The van der Waals surface area contributed by atoms with E-state index in [1.165, 1.54) is 0 Å². The molecule has 0 aromatic heterocycles. The maximum Gasteiger partial charge on any atom is 0.264 e. The molecule has 3 saturated heterocycles. The number of hydrogen-bond donors (Lipinski definition) is 1. The molecule has 0 unspecified atom stereocenters. The largest absolute Gasteiger partial charge is 0.389 e. The van der Waals surface area contributed by atoms with Crippen LogP contribution in [-0.4, -0.2) is 90.1 Å². The summed E-state index contributed by atoms with van der Waals surface area (Å²) in [6.07, 6.45) is 5.74. The molecule has 3 fully saturated rings. The van der Waals surface area contributed by atoms with Crippen LogP contribution in [0.3, 0.4) is 0 Å². The van der Waals surface area contributed by atoms with Crippen LogP contribution in [-0.2, 0) is 49.5 Å². The molecule has 1 aromatic carbocycles. The van der Waals surface area contributed by atoms with Crippen molar-refractivity contribution in [2.45, 2.75) is 153 Å². The second-order valence-electron chi connectivity index (χ2n) is 15.9. The zero-order valence-electron chi connectivity index (χ0n) is 32.9. The van der Waals surface area contributed by atoms with Gasteiger partial charge in [-0.05, 0) is 98.0 Å². The summed E-state index contributed by atoms with van der Waals surface area (Å²) in [6, 6.07) is 7.09. The Balaban J connectivity index is 1.38. The first-order valence-corrected chi connectivity index (χ1v) is 23.2. The van der Waals surface area contributed by atoms with Crippen molar-refractivity contribution in [2.75, 3.05) is 25.2 Å². The highest BCUT2D eigenvalue weighted by atomic mass is 32.2. The van der Waals surface area contributed by atoms with Gasteiger partial charge in [0.25, 0.3) is 10.1 Å². The van der Waals surface area contributed by atoms with Crippen molar-refractivity contribution in [3.05, 3.63) is 54.1 Å². The monoisotopic (exact) mass is 782 g/mol. The van der Waals surface area contributed by atoms with E-state index in [-0.39, 0.29) is 54.5 Å². The zero-order chi connectivity index (χ0) is 38.9. The Kier molecular flexibility index (Phi) is 16.6. The number of sulfone groups is 1. The standard InChI is InChI=1S/C41H66O10S2/c1-9-27(3)22-39-31(7)36(26-53(45,46)35-16-12-32(10-2)13-17-35)40(50-39)25-37(42)30(6)28(4)23-34(51-52(8,43)44)14-18-38-29(5)24-33(49-38)15-19-41-47-20-11-21-48-41/h12-13,16-17,27-28,31,33-34,36-42H,5-6,9-11,14-15,18-26H2,1-4,7-8H3/t27-,28+,31-,33+,34-,36-,37-,38+,39-,40+/m1/s1. The van der Waals surface area contributed by atoms with Gasteiger partial charge in [-0.15, -0.1) is 0 Å². The van der Waals surface area contributed by atoms with Gasteiger partial charge in [0, 0.05) is 18.8 Å². The van der Waals surface area contributed by atoms with Crippen LogP contribution in [0.5, 0.6) is 0 Å². The van der Waals surface area contributed by atoms with Crippen molar-refractivity contribution in [2.24, 2.45) is 23.7 Å². The van der Waals surface area contributed by atoms with Crippen molar-refractivity contribution < 1.29 is 45.1 Å². The van der Waals surface area contributed by atoms with Crippen LogP contribution in [0.1, 0.15) is 104 Å². The zero-order valence-corrected chi connectivity index (χ0v) is 34.5. The smallest absolute Gasteiger partial charge is 0.264 e. The predicted molar refractivity (Wildman–Crippen MR) is 208 cm³/mol. The number of aliphatic hydroxyl groups excluding tert-OH is 1. The summed E-state index contributed by atoms with van der Waals surface area (Å²) in [5.74, 6) is -0.287. The van der Waals surface area contributed by atoms with Gasteiger partial charge >= 0.3 is 0 Å². The third kappa shape index (κ3) is 13.2. The number of hydrogen-bond acceptors (Lipinski definition) is 10. The molecule has 3 aliphatic rings. The van der Waals surface area contributed by atoms with E-state index in [1.54, 1.807) is 12.1 Å². The topological polar surface area (TPSA) is 135 Å². The second kappa shape index (κ2) is 20.0. The van der Waals surface area contributed by atoms with Gasteiger partial charge in [0.1, 0.15) is 0 Å². The Labute approximate surface area is 320 Å². The van der Waals surface area contributed by atoms with Gasteiger partial charge in [-0.2, -0.15) is 8.42 Å². The minimum absolute atomic E-state index is 0.00970. The molecule has 1 aromatic rings. The van der Waals surface area contributed by atoms with Crippen LogP contribution >= 0.6 is 0 Å². The van der Waals surface area contributed by atoms with Gasteiger partial charge in [-0.3, -0.25) is 4.18 Å². The SMILES string of the molecule is C=C1C[C@H](CCC2OCCCO2)O[C@H]1CC[C@H](C[C@H](C)C(=C)[C@H](O)C[C@@H]1O[C@H](C[C@H](C)CC)[C@H](C)[C@H]1CS(=O)(=O)c1ccc(CC)cc1)OS(C)(=O)=O. The molecule has 0 aliphatic carbocycles. The number of aryl methyl sites for hydroxylation is 1. The van der Waals surface area contributed by atoms with Gasteiger partial charge < -0.3 is 24.1 Å². The van der Waals surface area contributed by atoms with E-state index < -0.39 is 38.3 Å². The van der Waals surface area contributed by atoms with Crippen molar-refractivity contribution in [3.63, 3.8) is 0 Å². The number of aliphatic hydroxyl groups is 1. The van der Waals surface area contributed by atoms with Crippen LogP contribution in [0.2, 0.25) is 0 Å². The van der Waals surface area contributed by atoms with E-state index in [1.807, 2.05) is 26.0 Å². The summed E-state index contributed by atoms with van der Waals surface area (Å²) in [4.78, 5) is 0.298. The summed E-state index contributed by atoms with van der Waals surface area (Å²) >= 11 is 0. The lowest BCUT2D eigenvalue weighted by atomic mass is 9.83. The van der Waals surface area contributed by atoms with Crippen LogP contribution in [0.15, 0.2) is 53.5 Å². The molecule has 3 aliphatic heterocycles. The first-order valence-electron chi connectivity index (χ1n) is 19.8. The lowest BCUT2D eigenvalue weighted by molar-refractivity contribution is -0.184. The molecule has 12 heteroatoms. The molecule has 0 spiro atoms. The Bertz CT molecular complexity index is 1540. The summed E-state index contributed by atoms with van der Waals surface area (Å²) in [5.41, 5.74) is 2.60. The van der Waals surface area contributed by atoms with E-state index in [2.05, 4.69) is 33.9 Å². The molecule has 10 atom stereocenters. The third-order valence-electron chi connectivity index (χ3n) is 11.6. The molecule has 0 saturated carbocycles. The van der Waals surface area contributed by atoms with E-state index in [9.17, 15) is 21.9 Å². The van der Waals surface area contributed by atoms with Crippen molar-refractivity contribution >= 4 is 20.0 Å². The highest BCUT2D eigenvalue weighted by Crippen LogP contribution is 2.41. The minimum Gasteiger partial charge on any atom is -0.389 e. The molecule has 0 radical (unpaired) electrons. The second-order valence-corrected chi connectivity index (χ2v) is 19.6. The van der Waals surface area contributed by atoms with Crippen LogP contribution < -0.4 is 0 Å². The van der Waals surface area contributed by atoms with Gasteiger partial charge in [0.2, 0.25) is 0 Å². The third-order valence-corrected chi connectivity index (χ3v) is 14.1. The molecular formula is C41H66O10S2. The summed E-state index contributed by atoms with van der Waals surface area (Å²) in [7, 11) is -7.37. The van der Waals surface area contributed by atoms with Crippen molar-refractivity contribution in [1.82, 2.24) is 0 Å². The minimum atomic E-state index is -3.76. The van der Waals surface area contributed by atoms with Crippen LogP contribution in [0, 0.1) is 23.7 Å². The molecule has 0 amide bonds.